The van der Waals surface area contributed by atoms with Gasteiger partial charge in [0.05, 0.1) is 16.1 Å². The Bertz CT molecular complexity index is 551. The lowest BCUT2D eigenvalue weighted by molar-refractivity contribution is 0.162. The molecule has 0 saturated carbocycles. The molecule has 0 fully saturated rings. The molecule has 2 N–H and O–H groups in total. The van der Waals surface area contributed by atoms with Gasteiger partial charge in [-0.15, -0.1) is 0 Å². The summed E-state index contributed by atoms with van der Waals surface area (Å²) >= 11 is 11.1. The van der Waals surface area contributed by atoms with Gasteiger partial charge in [-0.1, -0.05) is 30.1 Å². The molecule has 0 radical (unpaired) electrons. The van der Waals surface area contributed by atoms with Gasteiger partial charge in [0.2, 0.25) is 10.0 Å². The molecule has 0 saturated heterocycles. The number of aliphatic hydroxyl groups excluding tert-OH is 1. The summed E-state index contributed by atoms with van der Waals surface area (Å²) in [5, 5.41) is 8.53. The Hall–Kier alpha value is -0.400. The van der Waals surface area contributed by atoms with E-state index in [2.05, 4.69) is 4.72 Å². The lowest BCUT2D eigenvalue weighted by Crippen LogP contribution is -2.27. The minimum atomic E-state index is -3.93. The van der Waals surface area contributed by atoms with Crippen LogP contribution in [0.4, 0.5) is 4.39 Å². The van der Waals surface area contributed by atoms with Crippen LogP contribution in [-0.4, -0.2) is 26.2 Å². The molecule has 1 atom stereocenters. The molecule has 8 heteroatoms. The number of hydrogen-bond acceptors (Lipinski definition) is 3. The van der Waals surface area contributed by atoms with Crippen molar-refractivity contribution in [2.45, 2.75) is 30.8 Å². The van der Waals surface area contributed by atoms with E-state index in [1.807, 2.05) is 0 Å². The summed E-state index contributed by atoms with van der Waals surface area (Å²) in [4.78, 5) is -0.373. The van der Waals surface area contributed by atoms with Gasteiger partial charge >= 0.3 is 0 Å². The zero-order valence-corrected chi connectivity index (χ0v) is 12.5. The van der Waals surface area contributed by atoms with Crippen LogP contribution in [-0.2, 0) is 10.0 Å². The van der Waals surface area contributed by atoms with Crippen LogP contribution in [0.2, 0.25) is 10.0 Å². The largest absolute Gasteiger partial charge is 0.393 e. The fourth-order valence-electron chi connectivity index (χ4n) is 1.36. The third kappa shape index (κ3) is 4.29. The first-order valence-electron chi connectivity index (χ1n) is 5.60. The second-order valence-electron chi connectivity index (χ2n) is 3.92. The second-order valence-corrected chi connectivity index (χ2v) is 6.44. The first-order chi connectivity index (χ1) is 8.79. The Kier molecular flexibility index (Phi) is 6.01. The van der Waals surface area contributed by atoms with Crippen molar-refractivity contribution in [3.05, 3.63) is 28.0 Å². The Morgan fingerprint density at radius 1 is 1.42 bits per heavy atom. The molecule has 19 heavy (non-hydrogen) atoms. The van der Waals surface area contributed by atoms with Crippen LogP contribution in [0.5, 0.6) is 0 Å². The average Bonchev–Trinajstić information content (AvgIpc) is 2.35. The minimum Gasteiger partial charge on any atom is -0.393 e. The Morgan fingerprint density at radius 3 is 2.63 bits per heavy atom. The van der Waals surface area contributed by atoms with E-state index in [0.717, 1.165) is 12.1 Å². The molecule has 0 heterocycles. The standard InChI is InChI=1S/C11H14Cl2FNO3S/c1-2-7(16)5-6-15-19(17,18)9-4-3-8(12)11(14)10(9)13/h3-4,7,15-16H,2,5-6H2,1H3. The van der Waals surface area contributed by atoms with Crippen LogP contribution in [0.1, 0.15) is 19.8 Å². The lowest BCUT2D eigenvalue weighted by Gasteiger charge is -2.11. The molecule has 0 bridgehead atoms. The number of sulfonamides is 1. The van der Waals surface area contributed by atoms with E-state index in [1.54, 1.807) is 6.92 Å². The number of nitrogens with one attached hydrogen (secondary N) is 1. The summed E-state index contributed by atoms with van der Waals surface area (Å²) in [6.07, 6.45) is 0.210. The van der Waals surface area contributed by atoms with Crippen molar-refractivity contribution in [1.29, 1.82) is 0 Å². The zero-order chi connectivity index (χ0) is 14.6. The van der Waals surface area contributed by atoms with Crippen LogP contribution in [0.15, 0.2) is 17.0 Å². The topological polar surface area (TPSA) is 66.4 Å². The molecule has 0 aliphatic rings. The fourth-order valence-corrected chi connectivity index (χ4v) is 3.15. The number of rotatable bonds is 6. The zero-order valence-electron chi connectivity index (χ0n) is 10.2. The van der Waals surface area contributed by atoms with Gasteiger partial charge in [0.1, 0.15) is 4.90 Å². The number of hydrogen-bond donors (Lipinski definition) is 2. The minimum absolute atomic E-state index is 0.0396. The van der Waals surface area contributed by atoms with Gasteiger partial charge in [0, 0.05) is 6.54 Å². The number of aliphatic hydroxyl groups is 1. The van der Waals surface area contributed by atoms with Crippen molar-refractivity contribution in [1.82, 2.24) is 4.72 Å². The highest BCUT2D eigenvalue weighted by molar-refractivity contribution is 7.89. The smallest absolute Gasteiger partial charge is 0.242 e. The van der Waals surface area contributed by atoms with E-state index >= 15 is 0 Å². The van der Waals surface area contributed by atoms with Gasteiger partial charge in [-0.3, -0.25) is 0 Å². The molecule has 1 rings (SSSR count). The van der Waals surface area contributed by atoms with Crippen molar-refractivity contribution in [3.63, 3.8) is 0 Å². The summed E-state index contributed by atoms with van der Waals surface area (Å²) in [6, 6.07) is 2.25. The SMILES string of the molecule is CCC(O)CCNS(=O)(=O)c1ccc(Cl)c(F)c1Cl. The quantitative estimate of drug-likeness (QED) is 0.788. The fraction of sp³-hybridized carbons (Fsp3) is 0.455. The Morgan fingerprint density at radius 2 is 2.05 bits per heavy atom. The molecule has 108 valence electrons. The Labute approximate surface area is 121 Å². The first-order valence-corrected chi connectivity index (χ1v) is 7.84. The summed E-state index contributed by atoms with van der Waals surface area (Å²) < 4.78 is 39.5. The molecular formula is C11H14Cl2FNO3S. The van der Waals surface area contributed by atoms with E-state index < -0.39 is 27.0 Å². The maximum Gasteiger partial charge on any atom is 0.242 e. The molecular weight excluding hydrogens is 316 g/mol. The summed E-state index contributed by atoms with van der Waals surface area (Å²) in [7, 11) is -3.93. The molecule has 0 amide bonds. The third-order valence-corrected chi connectivity index (χ3v) is 4.81. The van der Waals surface area contributed by atoms with E-state index in [1.165, 1.54) is 0 Å². The van der Waals surface area contributed by atoms with E-state index in [4.69, 9.17) is 23.2 Å². The normalized spacial score (nSPS) is 13.5. The first kappa shape index (κ1) is 16.7. The molecule has 1 aromatic carbocycles. The molecule has 0 aromatic heterocycles. The highest BCUT2D eigenvalue weighted by Gasteiger charge is 2.21. The van der Waals surface area contributed by atoms with E-state index in [9.17, 15) is 17.9 Å². The van der Waals surface area contributed by atoms with Crippen molar-refractivity contribution in [3.8, 4) is 0 Å². The highest BCUT2D eigenvalue weighted by Crippen LogP contribution is 2.29. The third-order valence-electron chi connectivity index (χ3n) is 2.53. The second kappa shape index (κ2) is 6.85. The highest BCUT2D eigenvalue weighted by atomic mass is 35.5. The van der Waals surface area contributed by atoms with E-state index in [0.29, 0.717) is 6.42 Å². The monoisotopic (exact) mass is 329 g/mol. The predicted molar refractivity (Wildman–Crippen MR) is 72.5 cm³/mol. The number of benzene rings is 1. The maximum atomic E-state index is 13.4. The molecule has 0 spiro atoms. The van der Waals surface area contributed by atoms with Crippen LogP contribution in [0, 0.1) is 5.82 Å². The molecule has 0 aliphatic carbocycles. The lowest BCUT2D eigenvalue weighted by atomic mass is 10.2. The van der Waals surface area contributed by atoms with Gasteiger partial charge in [-0.05, 0) is 25.0 Å². The van der Waals surface area contributed by atoms with Gasteiger partial charge in [-0.25, -0.2) is 17.5 Å². The number of halogens is 3. The molecule has 1 aromatic rings. The van der Waals surface area contributed by atoms with Crippen LogP contribution < -0.4 is 4.72 Å². The van der Waals surface area contributed by atoms with Crippen LogP contribution >= 0.6 is 23.2 Å². The maximum absolute atomic E-state index is 13.4. The van der Waals surface area contributed by atoms with Gasteiger partial charge in [0.25, 0.3) is 0 Å². The van der Waals surface area contributed by atoms with Crippen LogP contribution in [0.25, 0.3) is 0 Å². The summed E-state index contributed by atoms with van der Waals surface area (Å²) in [6.45, 7) is 1.82. The van der Waals surface area contributed by atoms with Gasteiger partial charge in [-0.2, -0.15) is 0 Å². The van der Waals surface area contributed by atoms with E-state index in [-0.39, 0.29) is 22.9 Å². The molecule has 1 unspecified atom stereocenters. The van der Waals surface area contributed by atoms with Crippen molar-refractivity contribution in [2.24, 2.45) is 0 Å². The summed E-state index contributed by atoms with van der Waals surface area (Å²) in [5.74, 6) is -0.972. The van der Waals surface area contributed by atoms with Crippen molar-refractivity contribution < 1.29 is 17.9 Å². The van der Waals surface area contributed by atoms with Crippen molar-refractivity contribution in [2.75, 3.05) is 6.54 Å². The average molecular weight is 330 g/mol. The Balaban J connectivity index is 2.87. The predicted octanol–water partition coefficient (Wildman–Crippen LogP) is 2.57. The molecule has 0 aliphatic heterocycles. The van der Waals surface area contributed by atoms with Crippen LogP contribution in [0.3, 0.4) is 0 Å². The van der Waals surface area contributed by atoms with Gasteiger partial charge in [0.15, 0.2) is 5.82 Å². The van der Waals surface area contributed by atoms with Crippen molar-refractivity contribution >= 4 is 33.2 Å². The summed E-state index contributed by atoms with van der Waals surface area (Å²) in [5.41, 5.74) is 0. The van der Waals surface area contributed by atoms with Gasteiger partial charge < -0.3 is 5.11 Å². The molecule has 4 nitrogen and oxygen atoms in total.